The number of hydrogen-bond acceptors (Lipinski definition) is 4. The predicted octanol–water partition coefficient (Wildman–Crippen LogP) is 1.03. The van der Waals surface area contributed by atoms with Gasteiger partial charge in [-0.05, 0) is 23.4 Å². The van der Waals surface area contributed by atoms with Gasteiger partial charge in [-0.25, -0.2) is 4.79 Å². The molecule has 1 aromatic heterocycles. The monoisotopic (exact) mass is 280 g/mol. The van der Waals surface area contributed by atoms with E-state index in [4.69, 9.17) is 0 Å². The Balaban J connectivity index is 2.14. The van der Waals surface area contributed by atoms with Gasteiger partial charge >= 0.3 is 5.97 Å². The first kappa shape index (κ1) is 13.8. The van der Waals surface area contributed by atoms with Crippen LogP contribution in [0.2, 0.25) is 0 Å². The lowest BCUT2D eigenvalue weighted by molar-refractivity contribution is -0.150. The molecule has 5 nitrogen and oxygen atoms in total. The number of nitrogens with one attached hydrogen (secondary N) is 1. The molecule has 2 rings (SSSR count). The van der Waals surface area contributed by atoms with Crippen molar-refractivity contribution in [1.82, 2.24) is 10.2 Å². The minimum absolute atomic E-state index is 0.134. The number of amides is 1. The van der Waals surface area contributed by atoms with Crippen molar-refractivity contribution in [1.29, 1.82) is 0 Å². The largest absolute Gasteiger partial charge is 0.479 e. The maximum atomic E-state index is 12.1. The second-order valence-electron chi connectivity index (χ2n) is 4.30. The Morgan fingerprint density at radius 2 is 2.42 bits per heavy atom. The number of aliphatic carboxylic acids is 1. The average molecular weight is 280 g/mol. The Morgan fingerprint density at radius 1 is 1.63 bits per heavy atom. The summed E-state index contributed by atoms with van der Waals surface area (Å²) in [5.41, 5.74) is 0.751. The number of thiophene rings is 1. The molecule has 2 N–H and O–H groups in total. The summed E-state index contributed by atoms with van der Waals surface area (Å²) in [7, 11) is 0. The third kappa shape index (κ3) is 2.85. The van der Waals surface area contributed by atoms with Crippen LogP contribution >= 0.6 is 11.3 Å². The van der Waals surface area contributed by atoms with Gasteiger partial charge < -0.3 is 15.3 Å². The first-order valence-corrected chi connectivity index (χ1v) is 6.93. The number of nitrogens with zero attached hydrogens (tertiary/aromatic N) is 1. The lowest BCUT2D eigenvalue weighted by atomic mass is 10.00. The summed E-state index contributed by atoms with van der Waals surface area (Å²) in [6.45, 7) is 4.68. The minimum atomic E-state index is -0.976. The summed E-state index contributed by atoms with van der Waals surface area (Å²) in [5, 5.41) is 14.2. The molecule has 0 aliphatic carbocycles. The van der Waals surface area contributed by atoms with Gasteiger partial charge in [0.05, 0.1) is 6.54 Å². The maximum absolute atomic E-state index is 12.1. The Hall–Kier alpha value is -1.66. The fraction of sp³-hybridized carbons (Fsp3) is 0.385. The van der Waals surface area contributed by atoms with Crippen LogP contribution in [0.4, 0.5) is 0 Å². The lowest BCUT2D eigenvalue weighted by Gasteiger charge is -2.33. The quantitative estimate of drug-likeness (QED) is 0.624. The van der Waals surface area contributed by atoms with E-state index in [9.17, 15) is 14.7 Å². The summed E-state index contributed by atoms with van der Waals surface area (Å²) in [4.78, 5) is 26.0. The summed E-state index contributed by atoms with van der Waals surface area (Å²) in [5.74, 6) is -1.16. The highest BCUT2D eigenvalue weighted by Crippen LogP contribution is 2.33. The van der Waals surface area contributed by atoms with Gasteiger partial charge in [-0.1, -0.05) is 6.08 Å². The Labute approximate surface area is 115 Å². The number of rotatable bonds is 5. The van der Waals surface area contributed by atoms with Crippen LogP contribution in [0.5, 0.6) is 0 Å². The number of fused-ring (bicyclic) bond motifs is 1. The van der Waals surface area contributed by atoms with E-state index >= 15 is 0 Å². The van der Waals surface area contributed by atoms with Crippen molar-refractivity contribution < 1.29 is 14.7 Å². The van der Waals surface area contributed by atoms with E-state index in [1.807, 2.05) is 5.38 Å². The van der Waals surface area contributed by atoms with Crippen molar-refractivity contribution in [2.45, 2.75) is 12.5 Å². The molecule has 1 atom stereocenters. The van der Waals surface area contributed by atoms with Gasteiger partial charge in [-0.2, -0.15) is 0 Å². The second-order valence-corrected chi connectivity index (χ2v) is 5.30. The summed E-state index contributed by atoms with van der Waals surface area (Å²) in [6, 6.07) is 0.947. The molecule has 1 amide bonds. The van der Waals surface area contributed by atoms with Gasteiger partial charge in [-0.3, -0.25) is 4.79 Å². The highest BCUT2D eigenvalue weighted by Gasteiger charge is 2.36. The van der Waals surface area contributed by atoms with E-state index in [2.05, 4.69) is 11.9 Å². The molecule has 1 aliphatic rings. The first-order valence-electron chi connectivity index (χ1n) is 6.05. The van der Waals surface area contributed by atoms with Gasteiger partial charge in [0.15, 0.2) is 6.04 Å². The molecular formula is C13H16N2O3S. The van der Waals surface area contributed by atoms with Crippen LogP contribution in [0.3, 0.4) is 0 Å². The lowest BCUT2D eigenvalue weighted by Crippen LogP contribution is -2.46. The first-order chi connectivity index (χ1) is 9.15. The van der Waals surface area contributed by atoms with Crippen LogP contribution in [0.25, 0.3) is 0 Å². The highest BCUT2D eigenvalue weighted by molar-refractivity contribution is 7.10. The number of hydrogen-bond donors (Lipinski definition) is 2. The van der Waals surface area contributed by atoms with E-state index in [-0.39, 0.29) is 12.5 Å². The van der Waals surface area contributed by atoms with Crippen molar-refractivity contribution in [3.8, 4) is 0 Å². The van der Waals surface area contributed by atoms with Gasteiger partial charge in [0.2, 0.25) is 5.91 Å². The van der Waals surface area contributed by atoms with E-state index in [1.54, 1.807) is 23.5 Å². The third-order valence-corrected chi connectivity index (χ3v) is 4.08. The van der Waals surface area contributed by atoms with Crippen LogP contribution in [0, 0.1) is 0 Å². The minimum Gasteiger partial charge on any atom is -0.479 e. The average Bonchev–Trinajstić information content (AvgIpc) is 2.85. The SMILES string of the molecule is C=CCNCC(=O)N1CCc2sccc2C1C(=O)O. The van der Waals surface area contributed by atoms with Crippen LogP contribution in [-0.4, -0.2) is 41.5 Å². The van der Waals surface area contributed by atoms with Gasteiger partial charge in [0.1, 0.15) is 0 Å². The molecule has 0 bridgehead atoms. The molecule has 0 saturated carbocycles. The molecule has 0 saturated heterocycles. The summed E-state index contributed by atoms with van der Waals surface area (Å²) in [6.07, 6.45) is 2.39. The standard InChI is InChI=1S/C13H16N2O3S/c1-2-5-14-8-11(16)15-6-3-10-9(4-7-19-10)12(15)13(17)18/h2,4,7,12,14H,1,3,5-6,8H2,(H,17,18). The van der Waals surface area contributed by atoms with E-state index in [0.29, 0.717) is 13.1 Å². The van der Waals surface area contributed by atoms with Crippen LogP contribution < -0.4 is 5.32 Å². The van der Waals surface area contributed by atoms with E-state index < -0.39 is 12.0 Å². The Kier molecular flexibility index (Phi) is 4.34. The maximum Gasteiger partial charge on any atom is 0.331 e. The van der Waals surface area contributed by atoms with E-state index in [0.717, 1.165) is 16.9 Å². The topological polar surface area (TPSA) is 69.6 Å². The zero-order valence-electron chi connectivity index (χ0n) is 10.5. The molecule has 0 radical (unpaired) electrons. The molecule has 0 spiro atoms. The molecule has 102 valence electrons. The number of carboxylic acid groups (broad SMARTS) is 1. The van der Waals surface area contributed by atoms with Crippen molar-refractivity contribution >= 4 is 23.2 Å². The summed E-state index contributed by atoms with van der Waals surface area (Å²) >= 11 is 1.55. The van der Waals surface area contributed by atoms with Gasteiger partial charge in [0.25, 0.3) is 0 Å². The molecule has 19 heavy (non-hydrogen) atoms. The van der Waals surface area contributed by atoms with Gasteiger partial charge in [-0.15, -0.1) is 17.9 Å². The zero-order valence-corrected chi connectivity index (χ0v) is 11.3. The normalized spacial score (nSPS) is 17.9. The highest BCUT2D eigenvalue weighted by atomic mass is 32.1. The van der Waals surface area contributed by atoms with Crippen molar-refractivity contribution in [2.24, 2.45) is 0 Å². The molecule has 1 unspecified atom stereocenters. The molecular weight excluding hydrogens is 264 g/mol. The van der Waals surface area contributed by atoms with Gasteiger partial charge in [0, 0.05) is 18.0 Å². The molecule has 6 heteroatoms. The molecule has 2 heterocycles. The zero-order chi connectivity index (χ0) is 13.8. The fourth-order valence-corrected chi connectivity index (χ4v) is 3.14. The molecule has 1 aromatic rings. The third-order valence-electron chi connectivity index (χ3n) is 3.09. The van der Waals surface area contributed by atoms with Crippen LogP contribution in [0.15, 0.2) is 24.1 Å². The Morgan fingerprint density at radius 3 is 3.11 bits per heavy atom. The Bertz CT molecular complexity index is 498. The molecule has 1 aliphatic heterocycles. The number of carbonyl (C=O) groups is 2. The van der Waals surface area contributed by atoms with Crippen molar-refractivity contribution in [3.05, 3.63) is 34.5 Å². The summed E-state index contributed by atoms with van der Waals surface area (Å²) < 4.78 is 0. The van der Waals surface area contributed by atoms with Crippen LogP contribution in [0.1, 0.15) is 16.5 Å². The molecule has 0 aromatic carbocycles. The van der Waals surface area contributed by atoms with Crippen LogP contribution in [-0.2, 0) is 16.0 Å². The van der Waals surface area contributed by atoms with Crippen molar-refractivity contribution in [3.63, 3.8) is 0 Å². The smallest absolute Gasteiger partial charge is 0.331 e. The number of carboxylic acids is 1. The van der Waals surface area contributed by atoms with E-state index in [1.165, 1.54) is 4.90 Å². The van der Waals surface area contributed by atoms with Crippen molar-refractivity contribution in [2.75, 3.05) is 19.6 Å². The fourth-order valence-electron chi connectivity index (χ4n) is 2.23. The predicted molar refractivity (Wildman–Crippen MR) is 73.2 cm³/mol. The molecule has 0 fully saturated rings. The second kappa shape index (κ2) is 5.99. The number of carbonyl (C=O) groups excluding carboxylic acids is 1.